The molecule has 0 N–H and O–H groups in total. The van der Waals surface area contributed by atoms with E-state index in [0.29, 0.717) is 11.5 Å². The molecule has 0 aliphatic rings. The minimum absolute atomic E-state index is 0.178. The summed E-state index contributed by atoms with van der Waals surface area (Å²) >= 11 is 0. The topological polar surface area (TPSA) is 44.8 Å². The fourth-order valence-corrected chi connectivity index (χ4v) is 1.54. The van der Waals surface area contributed by atoms with E-state index in [0.717, 1.165) is 5.56 Å². The van der Waals surface area contributed by atoms with Crippen LogP contribution in [0.25, 0.3) is 0 Å². The Hall–Kier alpha value is -1.97. The first-order chi connectivity index (χ1) is 9.03. The van der Waals surface area contributed by atoms with Gasteiger partial charge in [0, 0.05) is 5.56 Å². The van der Waals surface area contributed by atoms with E-state index in [9.17, 15) is 4.79 Å². The number of methoxy groups -OCH3 is 2. The van der Waals surface area contributed by atoms with Gasteiger partial charge in [0.25, 0.3) is 0 Å². The van der Waals surface area contributed by atoms with E-state index >= 15 is 0 Å². The second kappa shape index (κ2) is 6.83. The molecule has 0 unspecified atom stereocenters. The lowest BCUT2D eigenvalue weighted by Crippen LogP contribution is -2.15. The zero-order chi connectivity index (χ0) is 14.4. The van der Waals surface area contributed by atoms with Crippen molar-refractivity contribution in [2.45, 2.75) is 20.0 Å². The van der Waals surface area contributed by atoms with E-state index in [4.69, 9.17) is 14.2 Å². The van der Waals surface area contributed by atoms with Gasteiger partial charge in [-0.15, -0.1) is 0 Å². The first-order valence-electron chi connectivity index (χ1n) is 6.08. The number of rotatable bonds is 6. The summed E-state index contributed by atoms with van der Waals surface area (Å²) in [5.41, 5.74) is 0.793. The Labute approximate surface area is 114 Å². The highest BCUT2D eigenvalue weighted by Crippen LogP contribution is 2.31. The number of hydrogen-bond donors (Lipinski definition) is 0. The number of hydrogen-bond acceptors (Lipinski definition) is 4. The molecule has 19 heavy (non-hydrogen) atoms. The van der Waals surface area contributed by atoms with Crippen LogP contribution in [-0.4, -0.2) is 20.2 Å². The van der Waals surface area contributed by atoms with Gasteiger partial charge in [-0.05, 0) is 18.2 Å². The lowest BCUT2D eigenvalue weighted by atomic mass is 10.1. The van der Waals surface area contributed by atoms with Crippen LogP contribution in [0.2, 0.25) is 0 Å². The Kier molecular flexibility index (Phi) is 5.42. The van der Waals surface area contributed by atoms with E-state index < -0.39 is 6.10 Å². The first-order valence-corrected chi connectivity index (χ1v) is 6.08. The SMILES string of the molecule is C=C[C@@H](OC(=O)C(C)C)c1ccc(OC)c(OC)c1. The molecule has 0 aliphatic carbocycles. The fraction of sp³-hybridized carbons (Fsp3) is 0.400. The monoisotopic (exact) mass is 264 g/mol. The van der Waals surface area contributed by atoms with Crippen molar-refractivity contribution in [1.82, 2.24) is 0 Å². The molecular weight excluding hydrogens is 244 g/mol. The molecule has 1 aromatic rings. The largest absolute Gasteiger partial charge is 0.493 e. The third-order valence-corrected chi connectivity index (χ3v) is 2.66. The molecule has 0 saturated carbocycles. The average molecular weight is 264 g/mol. The second-order valence-corrected chi connectivity index (χ2v) is 4.36. The Morgan fingerprint density at radius 3 is 2.32 bits per heavy atom. The maximum Gasteiger partial charge on any atom is 0.309 e. The van der Waals surface area contributed by atoms with Crippen LogP contribution in [0.3, 0.4) is 0 Å². The minimum Gasteiger partial charge on any atom is -0.493 e. The lowest BCUT2D eigenvalue weighted by molar-refractivity contribution is -0.150. The molecule has 1 aromatic carbocycles. The molecule has 1 atom stereocenters. The molecule has 0 heterocycles. The van der Waals surface area contributed by atoms with E-state index in [1.54, 1.807) is 46.3 Å². The summed E-state index contributed by atoms with van der Waals surface area (Å²) in [6, 6.07) is 5.37. The van der Waals surface area contributed by atoms with Crippen molar-refractivity contribution in [3.63, 3.8) is 0 Å². The first kappa shape index (κ1) is 15.1. The normalized spacial score (nSPS) is 11.8. The number of ether oxygens (including phenoxy) is 3. The van der Waals surface area contributed by atoms with Crippen molar-refractivity contribution in [1.29, 1.82) is 0 Å². The predicted octanol–water partition coefficient (Wildman–Crippen LogP) is 3.13. The van der Waals surface area contributed by atoms with Crippen LogP contribution in [0.4, 0.5) is 0 Å². The van der Waals surface area contributed by atoms with Crippen LogP contribution >= 0.6 is 0 Å². The van der Waals surface area contributed by atoms with Gasteiger partial charge in [-0.2, -0.15) is 0 Å². The van der Waals surface area contributed by atoms with Gasteiger partial charge >= 0.3 is 5.97 Å². The standard InChI is InChI=1S/C15H20O4/c1-6-12(19-15(16)10(2)3)11-7-8-13(17-4)14(9-11)18-5/h6-10,12H,1H2,2-5H3/t12-/m1/s1. The van der Waals surface area contributed by atoms with Gasteiger partial charge < -0.3 is 14.2 Å². The predicted molar refractivity (Wildman–Crippen MR) is 73.4 cm³/mol. The van der Waals surface area contributed by atoms with Crippen LogP contribution in [0.5, 0.6) is 11.5 Å². The molecule has 0 bridgehead atoms. The van der Waals surface area contributed by atoms with Crippen LogP contribution in [-0.2, 0) is 9.53 Å². The average Bonchev–Trinajstić information content (AvgIpc) is 2.43. The summed E-state index contributed by atoms with van der Waals surface area (Å²) < 4.78 is 15.8. The van der Waals surface area contributed by atoms with Gasteiger partial charge in [-0.1, -0.05) is 26.5 Å². The van der Waals surface area contributed by atoms with Crippen LogP contribution < -0.4 is 9.47 Å². The summed E-state index contributed by atoms with van der Waals surface area (Å²) in [6.45, 7) is 7.28. The molecule has 0 amide bonds. The zero-order valence-electron chi connectivity index (χ0n) is 11.8. The number of benzene rings is 1. The summed E-state index contributed by atoms with van der Waals surface area (Å²) in [5.74, 6) is 0.777. The number of carbonyl (C=O) groups is 1. The molecule has 0 aromatic heterocycles. The fourth-order valence-electron chi connectivity index (χ4n) is 1.54. The minimum atomic E-state index is -0.491. The summed E-state index contributed by atoms with van der Waals surface area (Å²) in [7, 11) is 3.13. The highest BCUT2D eigenvalue weighted by Gasteiger charge is 2.17. The van der Waals surface area contributed by atoms with Gasteiger partial charge in [-0.25, -0.2) is 0 Å². The zero-order valence-corrected chi connectivity index (χ0v) is 11.8. The Morgan fingerprint density at radius 2 is 1.84 bits per heavy atom. The molecule has 4 nitrogen and oxygen atoms in total. The Morgan fingerprint density at radius 1 is 1.21 bits per heavy atom. The van der Waals surface area contributed by atoms with Gasteiger partial charge in [0.1, 0.15) is 6.10 Å². The molecule has 104 valence electrons. The van der Waals surface area contributed by atoms with Crippen molar-refractivity contribution < 1.29 is 19.0 Å². The van der Waals surface area contributed by atoms with Crippen LogP contribution in [0, 0.1) is 5.92 Å². The maximum atomic E-state index is 11.6. The van der Waals surface area contributed by atoms with E-state index in [1.807, 2.05) is 6.07 Å². The molecule has 1 rings (SSSR count). The van der Waals surface area contributed by atoms with Gasteiger partial charge in [-0.3, -0.25) is 4.79 Å². The third-order valence-electron chi connectivity index (χ3n) is 2.66. The molecule has 0 saturated heterocycles. The van der Waals surface area contributed by atoms with Gasteiger partial charge in [0.15, 0.2) is 11.5 Å². The Bertz CT molecular complexity index is 451. The van der Waals surface area contributed by atoms with Crippen molar-refractivity contribution >= 4 is 5.97 Å². The van der Waals surface area contributed by atoms with Crippen molar-refractivity contribution in [2.24, 2.45) is 5.92 Å². The van der Waals surface area contributed by atoms with Crippen LogP contribution in [0.1, 0.15) is 25.5 Å². The summed E-state index contributed by atoms with van der Waals surface area (Å²) in [5, 5.41) is 0. The summed E-state index contributed by atoms with van der Waals surface area (Å²) in [4.78, 5) is 11.6. The quantitative estimate of drug-likeness (QED) is 0.585. The van der Waals surface area contributed by atoms with Crippen molar-refractivity contribution in [3.8, 4) is 11.5 Å². The van der Waals surface area contributed by atoms with Crippen LogP contribution in [0.15, 0.2) is 30.9 Å². The summed E-state index contributed by atoms with van der Waals surface area (Å²) in [6.07, 6.45) is 1.09. The molecule has 4 heteroatoms. The number of carbonyl (C=O) groups excluding carboxylic acids is 1. The molecular formula is C15H20O4. The van der Waals surface area contributed by atoms with E-state index in [-0.39, 0.29) is 11.9 Å². The lowest BCUT2D eigenvalue weighted by Gasteiger charge is -2.17. The second-order valence-electron chi connectivity index (χ2n) is 4.36. The maximum absolute atomic E-state index is 11.6. The van der Waals surface area contributed by atoms with Crippen molar-refractivity contribution in [3.05, 3.63) is 36.4 Å². The van der Waals surface area contributed by atoms with Gasteiger partial charge in [0.05, 0.1) is 20.1 Å². The van der Waals surface area contributed by atoms with E-state index in [1.165, 1.54) is 0 Å². The molecule has 0 radical (unpaired) electrons. The molecule has 0 fully saturated rings. The van der Waals surface area contributed by atoms with E-state index in [2.05, 4.69) is 6.58 Å². The highest BCUT2D eigenvalue weighted by molar-refractivity contribution is 5.72. The molecule has 0 aliphatic heterocycles. The third kappa shape index (κ3) is 3.74. The smallest absolute Gasteiger partial charge is 0.309 e. The molecule has 0 spiro atoms. The number of esters is 1. The van der Waals surface area contributed by atoms with Crippen molar-refractivity contribution in [2.75, 3.05) is 14.2 Å². The Balaban J connectivity index is 2.99. The highest BCUT2D eigenvalue weighted by atomic mass is 16.5. The van der Waals surface area contributed by atoms with Gasteiger partial charge in [0.2, 0.25) is 0 Å².